The fraction of sp³-hybridized carbons (Fsp3) is 0.417. The summed E-state index contributed by atoms with van der Waals surface area (Å²) in [6, 6.07) is 4.57. The van der Waals surface area contributed by atoms with Crippen LogP contribution in [0, 0.1) is 5.82 Å². The van der Waals surface area contributed by atoms with Crippen molar-refractivity contribution in [2.24, 2.45) is 0 Å². The van der Waals surface area contributed by atoms with Crippen LogP contribution < -0.4 is 0 Å². The second-order valence-electron chi connectivity index (χ2n) is 3.64. The van der Waals surface area contributed by atoms with Gasteiger partial charge in [0, 0.05) is 19.2 Å². The molecule has 1 aromatic carbocycles. The van der Waals surface area contributed by atoms with Gasteiger partial charge in [-0.15, -0.1) is 11.6 Å². The quantitative estimate of drug-likeness (QED) is 0.608. The van der Waals surface area contributed by atoms with E-state index in [2.05, 4.69) is 4.98 Å². The molecule has 0 aliphatic heterocycles. The van der Waals surface area contributed by atoms with Crippen LogP contribution >= 0.6 is 11.6 Å². The number of halogens is 2. The molecule has 5 heteroatoms. The molecule has 0 radical (unpaired) electrons. The second-order valence-corrected chi connectivity index (χ2v) is 3.91. The van der Waals surface area contributed by atoms with Crippen molar-refractivity contribution < 1.29 is 9.13 Å². The maximum Gasteiger partial charge on any atom is 0.125 e. The van der Waals surface area contributed by atoms with Gasteiger partial charge in [0.25, 0.3) is 0 Å². The van der Waals surface area contributed by atoms with E-state index in [1.165, 1.54) is 12.1 Å². The molecule has 2 aromatic rings. The van der Waals surface area contributed by atoms with E-state index < -0.39 is 0 Å². The zero-order valence-corrected chi connectivity index (χ0v) is 10.4. The normalized spacial score (nSPS) is 11.2. The third kappa shape index (κ3) is 2.58. The molecule has 0 unspecified atom stereocenters. The lowest BCUT2D eigenvalue weighted by Gasteiger charge is -2.07. The molecule has 0 saturated heterocycles. The highest BCUT2D eigenvalue weighted by atomic mass is 35.5. The average molecular weight is 257 g/mol. The Bertz CT molecular complexity index is 512. The van der Waals surface area contributed by atoms with E-state index in [1.54, 1.807) is 6.07 Å². The Labute approximate surface area is 104 Å². The minimum absolute atomic E-state index is 0.284. The predicted octanol–water partition coefficient (Wildman–Crippen LogP) is 2.95. The van der Waals surface area contributed by atoms with Crippen molar-refractivity contribution in [3.05, 3.63) is 29.8 Å². The smallest absolute Gasteiger partial charge is 0.125 e. The number of nitrogens with zero attached hydrogens (tertiary/aromatic N) is 2. The van der Waals surface area contributed by atoms with Crippen LogP contribution in [-0.2, 0) is 17.2 Å². The molecule has 0 amide bonds. The van der Waals surface area contributed by atoms with E-state index in [4.69, 9.17) is 16.3 Å². The molecule has 0 saturated carbocycles. The number of rotatable bonds is 5. The zero-order valence-electron chi connectivity index (χ0n) is 9.62. The zero-order chi connectivity index (χ0) is 12.3. The minimum Gasteiger partial charge on any atom is -0.380 e. The first-order valence-corrected chi connectivity index (χ1v) is 6.08. The Morgan fingerprint density at radius 1 is 1.47 bits per heavy atom. The number of benzene rings is 1. The fourth-order valence-electron chi connectivity index (χ4n) is 1.80. The number of hydrogen-bond donors (Lipinski definition) is 0. The Kier molecular flexibility index (Phi) is 3.97. The monoisotopic (exact) mass is 256 g/mol. The molecule has 0 spiro atoms. The Balaban J connectivity index is 2.36. The Morgan fingerprint density at radius 3 is 3.00 bits per heavy atom. The summed E-state index contributed by atoms with van der Waals surface area (Å²) in [6.07, 6.45) is 0. The fourth-order valence-corrected chi connectivity index (χ4v) is 2.01. The van der Waals surface area contributed by atoms with E-state index >= 15 is 0 Å². The van der Waals surface area contributed by atoms with Crippen LogP contribution in [0.1, 0.15) is 12.7 Å². The number of hydrogen-bond acceptors (Lipinski definition) is 2. The van der Waals surface area contributed by atoms with Gasteiger partial charge in [0.1, 0.15) is 11.6 Å². The van der Waals surface area contributed by atoms with E-state index in [0.29, 0.717) is 31.2 Å². The van der Waals surface area contributed by atoms with Gasteiger partial charge in [-0.2, -0.15) is 0 Å². The number of ether oxygens (including phenoxy) is 1. The van der Waals surface area contributed by atoms with Crippen molar-refractivity contribution in [1.29, 1.82) is 0 Å². The standard InChI is InChI=1S/C12H14ClFN2O/c1-2-17-6-5-16-11-4-3-9(14)7-10(11)15-12(16)8-13/h3-4,7H,2,5-6,8H2,1H3. The van der Waals surface area contributed by atoms with Gasteiger partial charge in [-0.3, -0.25) is 0 Å². The summed E-state index contributed by atoms with van der Waals surface area (Å²) in [6.45, 7) is 3.91. The van der Waals surface area contributed by atoms with Gasteiger partial charge in [-0.1, -0.05) is 0 Å². The van der Waals surface area contributed by atoms with Crippen LogP contribution in [0.2, 0.25) is 0 Å². The lowest BCUT2D eigenvalue weighted by atomic mass is 10.3. The molecule has 0 aliphatic rings. The molecule has 2 rings (SSSR count). The van der Waals surface area contributed by atoms with Crippen molar-refractivity contribution >= 4 is 22.6 Å². The van der Waals surface area contributed by atoms with Crippen molar-refractivity contribution in [2.75, 3.05) is 13.2 Å². The van der Waals surface area contributed by atoms with E-state index in [9.17, 15) is 4.39 Å². The first-order chi connectivity index (χ1) is 8.26. The molecule has 1 aromatic heterocycles. The molecule has 0 fully saturated rings. The van der Waals surface area contributed by atoms with Crippen molar-refractivity contribution in [2.45, 2.75) is 19.3 Å². The highest BCUT2D eigenvalue weighted by molar-refractivity contribution is 6.16. The second kappa shape index (κ2) is 5.47. The first-order valence-electron chi connectivity index (χ1n) is 5.54. The van der Waals surface area contributed by atoms with Gasteiger partial charge in [0.05, 0.1) is 23.5 Å². The molecule has 0 atom stereocenters. The summed E-state index contributed by atoms with van der Waals surface area (Å²) in [5.74, 6) is 0.766. The molecular formula is C12H14ClFN2O. The number of imidazole rings is 1. The van der Waals surface area contributed by atoms with E-state index in [-0.39, 0.29) is 5.82 Å². The van der Waals surface area contributed by atoms with Crippen LogP contribution in [0.4, 0.5) is 4.39 Å². The molecule has 0 N–H and O–H groups in total. The van der Waals surface area contributed by atoms with Crippen molar-refractivity contribution in [3.63, 3.8) is 0 Å². The lowest BCUT2D eigenvalue weighted by Crippen LogP contribution is -2.08. The molecule has 0 bridgehead atoms. The van der Waals surface area contributed by atoms with Gasteiger partial charge < -0.3 is 9.30 Å². The van der Waals surface area contributed by atoms with Gasteiger partial charge in [-0.05, 0) is 19.1 Å². The molecular weight excluding hydrogens is 243 g/mol. The van der Waals surface area contributed by atoms with Gasteiger partial charge in [0.2, 0.25) is 0 Å². The van der Waals surface area contributed by atoms with Crippen LogP contribution in [-0.4, -0.2) is 22.8 Å². The number of fused-ring (bicyclic) bond motifs is 1. The average Bonchev–Trinajstić information content (AvgIpc) is 2.67. The van der Waals surface area contributed by atoms with Gasteiger partial charge in [0.15, 0.2) is 0 Å². The largest absolute Gasteiger partial charge is 0.380 e. The number of alkyl halides is 1. The third-order valence-electron chi connectivity index (χ3n) is 2.57. The summed E-state index contributed by atoms with van der Waals surface area (Å²) < 4.78 is 20.4. The maximum absolute atomic E-state index is 13.1. The number of aromatic nitrogens is 2. The Hall–Kier alpha value is -1.13. The van der Waals surface area contributed by atoms with Gasteiger partial charge >= 0.3 is 0 Å². The molecule has 17 heavy (non-hydrogen) atoms. The van der Waals surface area contributed by atoms with Crippen LogP contribution in [0.3, 0.4) is 0 Å². The highest BCUT2D eigenvalue weighted by Crippen LogP contribution is 2.18. The SMILES string of the molecule is CCOCCn1c(CCl)nc2cc(F)ccc21. The summed E-state index contributed by atoms with van der Waals surface area (Å²) >= 11 is 5.84. The highest BCUT2D eigenvalue weighted by Gasteiger charge is 2.10. The van der Waals surface area contributed by atoms with E-state index in [1.807, 2.05) is 11.5 Å². The summed E-state index contributed by atoms with van der Waals surface area (Å²) in [5.41, 5.74) is 1.53. The summed E-state index contributed by atoms with van der Waals surface area (Å²) in [5, 5.41) is 0. The molecule has 1 heterocycles. The first kappa shape index (κ1) is 12.3. The molecule has 92 valence electrons. The van der Waals surface area contributed by atoms with E-state index in [0.717, 1.165) is 11.3 Å². The minimum atomic E-state index is -0.284. The van der Waals surface area contributed by atoms with Crippen LogP contribution in [0.25, 0.3) is 11.0 Å². The third-order valence-corrected chi connectivity index (χ3v) is 2.81. The Morgan fingerprint density at radius 2 is 2.29 bits per heavy atom. The molecule has 0 aliphatic carbocycles. The van der Waals surface area contributed by atoms with Gasteiger partial charge in [-0.25, -0.2) is 9.37 Å². The summed E-state index contributed by atoms with van der Waals surface area (Å²) in [7, 11) is 0. The van der Waals surface area contributed by atoms with Crippen molar-refractivity contribution in [1.82, 2.24) is 9.55 Å². The van der Waals surface area contributed by atoms with Crippen molar-refractivity contribution in [3.8, 4) is 0 Å². The lowest BCUT2D eigenvalue weighted by molar-refractivity contribution is 0.139. The maximum atomic E-state index is 13.1. The predicted molar refractivity (Wildman–Crippen MR) is 65.7 cm³/mol. The van der Waals surface area contributed by atoms with Crippen LogP contribution in [0.5, 0.6) is 0 Å². The van der Waals surface area contributed by atoms with Crippen LogP contribution in [0.15, 0.2) is 18.2 Å². The topological polar surface area (TPSA) is 27.1 Å². The summed E-state index contributed by atoms with van der Waals surface area (Å²) in [4.78, 5) is 4.31. The molecule has 3 nitrogen and oxygen atoms in total.